The molecule has 0 aliphatic carbocycles. The van der Waals surface area contributed by atoms with E-state index in [0.717, 1.165) is 57.1 Å². The van der Waals surface area contributed by atoms with Crippen molar-refractivity contribution in [2.24, 2.45) is 4.99 Å². The van der Waals surface area contributed by atoms with Crippen LogP contribution >= 0.6 is 0 Å². The minimum absolute atomic E-state index is 0.0514. The molecular formula is C19H27N5O. The number of unbranched alkanes of at least 4 members (excludes halogenated alkanes) is 1. The third kappa shape index (κ3) is 7.20. The number of aryl methyl sites for hydroxylation is 1. The van der Waals surface area contributed by atoms with Crippen LogP contribution in [0, 0.1) is 0 Å². The molecule has 2 heterocycles. The lowest BCUT2D eigenvalue weighted by atomic mass is 10.3. The van der Waals surface area contributed by atoms with E-state index in [1.54, 1.807) is 16.7 Å². The van der Waals surface area contributed by atoms with Crippen molar-refractivity contribution in [1.82, 2.24) is 20.2 Å². The molecule has 0 bridgehead atoms. The predicted octanol–water partition coefficient (Wildman–Crippen LogP) is 1.82. The van der Waals surface area contributed by atoms with Crippen molar-refractivity contribution in [3.05, 3.63) is 64.8 Å². The Morgan fingerprint density at radius 3 is 2.80 bits per heavy atom. The number of nitrogens with one attached hydrogen (secondary N) is 2. The maximum atomic E-state index is 11.6. The van der Waals surface area contributed by atoms with Crippen molar-refractivity contribution in [1.29, 1.82) is 0 Å². The third-order valence-electron chi connectivity index (χ3n) is 3.72. The number of pyridine rings is 2. The Kier molecular flexibility index (Phi) is 8.24. The van der Waals surface area contributed by atoms with Crippen molar-refractivity contribution in [3.63, 3.8) is 0 Å². The fourth-order valence-corrected chi connectivity index (χ4v) is 2.43. The lowest BCUT2D eigenvalue weighted by Gasteiger charge is -2.11. The van der Waals surface area contributed by atoms with Crippen molar-refractivity contribution < 1.29 is 0 Å². The quantitative estimate of drug-likeness (QED) is 0.415. The van der Waals surface area contributed by atoms with E-state index in [-0.39, 0.29) is 5.56 Å². The average Bonchev–Trinajstić information content (AvgIpc) is 2.64. The summed E-state index contributed by atoms with van der Waals surface area (Å²) in [6.45, 7) is 5.15. The highest BCUT2D eigenvalue weighted by Crippen LogP contribution is 1.95. The van der Waals surface area contributed by atoms with Gasteiger partial charge < -0.3 is 15.2 Å². The van der Waals surface area contributed by atoms with Crippen molar-refractivity contribution >= 4 is 5.96 Å². The van der Waals surface area contributed by atoms with E-state index in [0.29, 0.717) is 0 Å². The largest absolute Gasteiger partial charge is 0.357 e. The zero-order valence-corrected chi connectivity index (χ0v) is 14.8. The summed E-state index contributed by atoms with van der Waals surface area (Å²) in [5, 5.41) is 6.58. The van der Waals surface area contributed by atoms with Crippen LogP contribution in [0.1, 0.15) is 25.5 Å². The first kappa shape index (κ1) is 18.7. The second-order valence-corrected chi connectivity index (χ2v) is 5.70. The van der Waals surface area contributed by atoms with Gasteiger partial charge >= 0.3 is 0 Å². The molecule has 0 saturated heterocycles. The normalized spacial score (nSPS) is 11.3. The van der Waals surface area contributed by atoms with Gasteiger partial charge in [-0.1, -0.05) is 12.1 Å². The second-order valence-electron chi connectivity index (χ2n) is 5.70. The van der Waals surface area contributed by atoms with E-state index in [4.69, 9.17) is 0 Å². The molecule has 2 aromatic heterocycles. The summed E-state index contributed by atoms with van der Waals surface area (Å²) in [6.07, 6.45) is 6.38. The van der Waals surface area contributed by atoms with Gasteiger partial charge in [0.05, 0.1) is 0 Å². The van der Waals surface area contributed by atoms with Gasteiger partial charge in [0, 0.05) is 56.8 Å². The minimum Gasteiger partial charge on any atom is -0.357 e. The molecule has 25 heavy (non-hydrogen) atoms. The zero-order valence-electron chi connectivity index (χ0n) is 14.8. The van der Waals surface area contributed by atoms with Gasteiger partial charge in [-0.05, 0) is 38.0 Å². The summed E-state index contributed by atoms with van der Waals surface area (Å²) >= 11 is 0. The summed E-state index contributed by atoms with van der Waals surface area (Å²) in [7, 11) is 0. The van der Waals surface area contributed by atoms with Crippen LogP contribution in [0.25, 0.3) is 0 Å². The number of aliphatic imine (C=N–C) groups is 1. The molecule has 0 spiro atoms. The predicted molar refractivity (Wildman–Crippen MR) is 102 cm³/mol. The van der Waals surface area contributed by atoms with Gasteiger partial charge in [-0.25, -0.2) is 0 Å². The maximum Gasteiger partial charge on any atom is 0.250 e. The monoisotopic (exact) mass is 341 g/mol. The van der Waals surface area contributed by atoms with Crippen LogP contribution in [0.5, 0.6) is 0 Å². The van der Waals surface area contributed by atoms with Crippen LogP contribution in [0.2, 0.25) is 0 Å². The van der Waals surface area contributed by atoms with Crippen LogP contribution in [0.3, 0.4) is 0 Å². The van der Waals surface area contributed by atoms with E-state index in [1.165, 1.54) is 0 Å². The first-order valence-electron chi connectivity index (χ1n) is 8.87. The molecule has 0 radical (unpaired) electrons. The van der Waals surface area contributed by atoms with Gasteiger partial charge in [-0.3, -0.25) is 14.8 Å². The zero-order chi connectivity index (χ0) is 17.7. The summed E-state index contributed by atoms with van der Waals surface area (Å²) in [6, 6.07) is 11.2. The lowest BCUT2D eigenvalue weighted by Crippen LogP contribution is -2.38. The fourth-order valence-electron chi connectivity index (χ4n) is 2.43. The molecule has 0 saturated carbocycles. The molecule has 0 amide bonds. The summed E-state index contributed by atoms with van der Waals surface area (Å²) in [5.74, 6) is 0.829. The van der Waals surface area contributed by atoms with E-state index in [2.05, 4.69) is 27.5 Å². The SMILES string of the molecule is CCNC(=NCCCCn1ccccc1=O)NCCc1ccccn1. The first-order valence-corrected chi connectivity index (χ1v) is 8.87. The van der Waals surface area contributed by atoms with Crippen LogP contribution in [0.15, 0.2) is 58.6 Å². The van der Waals surface area contributed by atoms with E-state index < -0.39 is 0 Å². The number of aromatic nitrogens is 2. The number of hydrogen-bond donors (Lipinski definition) is 2. The Balaban J connectivity index is 1.69. The molecule has 0 aliphatic rings. The Morgan fingerprint density at radius 1 is 1.16 bits per heavy atom. The van der Waals surface area contributed by atoms with Crippen molar-refractivity contribution in [2.75, 3.05) is 19.6 Å². The summed E-state index contributed by atoms with van der Waals surface area (Å²) < 4.78 is 1.74. The molecule has 6 nitrogen and oxygen atoms in total. The van der Waals surface area contributed by atoms with Gasteiger partial charge in [0.1, 0.15) is 0 Å². The Morgan fingerprint density at radius 2 is 2.04 bits per heavy atom. The van der Waals surface area contributed by atoms with E-state index >= 15 is 0 Å². The molecule has 0 aliphatic heterocycles. The molecule has 6 heteroatoms. The van der Waals surface area contributed by atoms with Crippen LogP contribution in [0.4, 0.5) is 0 Å². The van der Waals surface area contributed by atoms with Gasteiger partial charge in [-0.2, -0.15) is 0 Å². The second kappa shape index (κ2) is 11.0. The number of guanidine groups is 1. The van der Waals surface area contributed by atoms with Crippen molar-refractivity contribution in [2.45, 2.75) is 32.7 Å². The number of nitrogens with zero attached hydrogens (tertiary/aromatic N) is 3. The van der Waals surface area contributed by atoms with Crippen LogP contribution in [-0.2, 0) is 13.0 Å². The van der Waals surface area contributed by atoms with Gasteiger partial charge in [0.25, 0.3) is 0 Å². The van der Waals surface area contributed by atoms with Gasteiger partial charge in [0.15, 0.2) is 5.96 Å². The molecule has 134 valence electrons. The van der Waals surface area contributed by atoms with E-state index in [1.807, 2.05) is 36.7 Å². The number of rotatable bonds is 9. The molecule has 2 rings (SSSR count). The summed E-state index contributed by atoms with van der Waals surface area (Å²) in [5.41, 5.74) is 1.12. The standard InChI is InChI=1S/C19H27N5O/c1-2-20-19(23-14-11-17-9-3-5-12-21-17)22-13-6-8-16-24-15-7-4-10-18(24)25/h3-5,7,9-10,12,15H,2,6,8,11,13-14,16H2,1H3,(H2,20,22,23). The Bertz CT molecular complexity index is 696. The molecule has 2 N–H and O–H groups in total. The Hall–Kier alpha value is -2.63. The molecule has 2 aromatic rings. The highest BCUT2D eigenvalue weighted by Gasteiger charge is 1.99. The molecule has 0 fully saturated rings. The number of hydrogen-bond acceptors (Lipinski definition) is 3. The molecule has 0 unspecified atom stereocenters. The first-order chi connectivity index (χ1) is 12.3. The van der Waals surface area contributed by atoms with Crippen LogP contribution < -0.4 is 16.2 Å². The van der Waals surface area contributed by atoms with Gasteiger partial charge in [0.2, 0.25) is 5.56 Å². The van der Waals surface area contributed by atoms with Gasteiger partial charge in [-0.15, -0.1) is 0 Å². The maximum absolute atomic E-state index is 11.6. The average molecular weight is 341 g/mol. The van der Waals surface area contributed by atoms with Crippen molar-refractivity contribution in [3.8, 4) is 0 Å². The topological polar surface area (TPSA) is 71.3 Å². The highest BCUT2D eigenvalue weighted by molar-refractivity contribution is 5.79. The van der Waals surface area contributed by atoms with E-state index in [9.17, 15) is 4.79 Å². The fraction of sp³-hybridized carbons (Fsp3) is 0.421. The lowest BCUT2D eigenvalue weighted by molar-refractivity contribution is 0.597. The van der Waals surface area contributed by atoms with Crippen LogP contribution in [-0.4, -0.2) is 35.1 Å². The minimum atomic E-state index is 0.0514. The highest BCUT2D eigenvalue weighted by atomic mass is 16.1. The smallest absolute Gasteiger partial charge is 0.250 e. The molecular weight excluding hydrogens is 314 g/mol. The molecule has 0 aromatic carbocycles. The summed E-state index contributed by atoms with van der Waals surface area (Å²) in [4.78, 5) is 20.5. The molecule has 0 atom stereocenters. The third-order valence-corrected chi connectivity index (χ3v) is 3.72. The Labute approximate surface area is 149 Å².